The molecule has 3 rings (SSSR count). The van der Waals surface area contributed by atoms with Crippen LogP contribution in [0, 0.1) is 0 Å². The van der Waals surface area contributed by atoms with E-state index in [1.807, 2.05) is 24.4 Å². The van der Waals surface area contributed by atoms with Crippen LogP contribution in [-0.2, 0) is 6.54 Å². The maximum atomic E-state index is 11.7. The fourth-order valence-corrected chi connectivity index (χ4v) is 2.49. The zero-order valence-corrected chi connectivity index (χ0v) is 13.0. The van der Waals surface area contributed by atoms with Gasteiger partial charge in [0.15, 0.2) is 0 Å². The predicted molar refractivity (Wildman–Crippen MR) is 89.8 cm³/mol. The van der Waals surface area contributed by atoms with Gasteiger partial charge in [0.2, 0.25) is 0 Å². The molecule has 0 unspecified atom stereocenters. The molecule has 0 atom stereocenters. The minimum Gasteiger partial charge on any atom is -0.495 e. The van der Waals surface area contributed by atoms with Gasteiger partial charge in [-0.25, -0.2) is 4.98 Å². The van der Waals surface area contributed by atoms with Crippen LogP contribution in [0.1, 0.15) is 15.9 Å². The van der Waals surface area contributed by atoms with Gasteiger partial charge in [-0.3, -0.25) is 4.79 Å². The number of methoxy groups -OCH3 is 1. The lowest BCUT2D eigenvalue weighted by atomic mass is 10.1. The molecule has 0 aliphatic rings. The second-order valence-corrected chi connectivity index (χ2v) is 5.06. The van der Waals surface area contributed by atoms with Crippen LogP contribution in [0.3, 0.4) is 0 Å². The number of hydrogen-bond donors (Lipinski definition) is 3. The van der Waals surface area contributed by atoms with E-state index < -0.39 is 0 Å². The van der Waals surface area contributed by atoms with E-state index in [0.29, 0.717) is 17.9 Å². The molecule has 1 aromatic carbocycles. The van der Waals surface area contributed by atoms with Gasteiger partial charge in [-0.15, -0.1) is 0 Å². The zero-order valence-electron chi connectivity index (χ0n) is 13.0. The number of benzene rings is 1. The van der Waals surface area contributed by atoms with E-state index in [1.165, 1.54) is 0 Å². The third kappa shape index (κ3) is 2.96. The molecule has 0 aliphatic heterocycles. The fourth-order valence-electron chi connectivity index (χ4n) is 2.49. The Kier molecular flexibility index (Phi) is 4.14. The Morgan fingerprint density at radius 2 is 2.17 bits per heavy atom. The molecule has 0 spiro atoms. The number of fused-ring (bicyclic) bond motifs is 1. The number of carbonyl (C=O) groups excluding carboxylic acids is 1. The maximum Gasteiger partial charge on any atom is 0.251 e. The first kappa shape index (κ1) is 14.9. The van der Waals surface area contributed by atoms with Crippen LogP contribution in [0.25, 0.3) is 11.0 Å². The number of aromatic nitrogens is 2. The normalized spacial score (nSPS) is 10.5. The first-order valence-electron chi connectivity index (χ1n) is 7.28. The van der Waals surface area contributed by atoms with Crippen molar-refractivity contribution in [3.05, 3.63) is 53.9 Å². The molecular weight excluding hydrogens is 292 g/mol. The maximum absolute atomic E-state index is 11.7. The van der Waals surface area contributed by atoms with E-state index in [1.54, 1.807) is 32.5 Å². The van der Waals surface area contributed by atoms with Crippen LogP contribution in [-0.4, -0.2) is 30.0 Å². The number of pyridine rings is 1. The van der Waals surface area contributed by atoms with Crippen molar-refractivity contribution in [3.63, 3.8) is 0 Å². The minimum absolute atomic E-state index is 0.141. The summed E-state index contributed by atoms with van der Waals surface area (Å²) in [6.45, 7) is 0.632. The molecule has 0 radical (unpaired) electrons. The van der Waals surface area contributed by atoms with Crippen molar-refractivity contribution in [2.45, 2.75) is 6.54 Å². The number of nitrogens with zero attached hydrogens (tertiary/aromatic N) is 1. The summed E-state index contributed by atoms with van der Waals surface area (Å²) >= 11 is 0. The fraction of sp³-hybridized carbons (Fsp3) is 0.176. The summed E-state index contributed by atoms with van der Waals surface area (Å²) in [5, 5.41) is 7.03. The molecular formula is C17H18N4O2. The predicted octanol–water partition coefficient (Wildman–Crippen LogP) is 2.54. The van der Waals surface area contributed by atoms with Gasteiger partial charge >= 0.3 is 0 Å². The lowest BCUT2D eigenvalue weighted by Crippen LogP contribution is -2.17. The molecule has 2 aromatic heterocycles. The minimum atomic E-state index is -0.141. The first-order valence-corrected chi connectivity index (χ1v) is 7.28. The molecule has 0 fully saturated rings. The summed E-state index contributed by atoms with van der Waals surface area (Å²) in [6, 6.07) is 9.32. The quantitative estimate of drug-likeness (QED) is 0.676. The third-order valence-electron chi connectivity index (χ3n) is 3.71. The van der Waals surface area contributed by atoms with E-state index in [0.717, 1.165) is 22.3 Å². The number of ether oxygens (including phenoxy) is 1. The molecule has 0 aliphatic carbocycles. The van der Waals surface area contributed by atoms with Crippen LogP contribution < -0.4 is 15.4 Å². The number of rotatable bonds is 5. The van der Waals surface area contributed by atoms with Gasteiger partial charge in [0.1, 0.15) is 11.4 Å². The van der Waals surface area contributed by atoms with E-state index >= 15 is 0 Å². The van der Waals surface area contributed by atoms with Crippen molar-refractivity contribution in [1.29, 1.82) is 0 Å². The number of carbonyl (C=O) groups is 1. The molecule has 6 heteroatoms. The lowest BCUT2D eigenvalue weighted by molar-refractivity contribution is 0.0963. The second-order valence-electron chi connectivity index (χ2n) is 5.06. The number of amides is 1. The molecule has 0 bridgehead atoms. The van der Waals surface area contributed by atoms with Gasteiger partial charge in [-0.05, 0) is 35.9 Å². The summed E-state index contributed by atoms with van der Waals surface area (Å²) in [7, 11) is 3.19. The lowest BCUT2D eigenvalue weighted by Gasteiger charge is -2.13. The highest BCUT2D eigenvalue weighted by Crippen LogP contribution is 2.27. The number of aromatic amines is 1. The zero-order chi connectivity index (χ0) is 16.2. The Morgan fingerprint density at radius 3 is 2.96 bits per heavy atom. The van der Waals surface area contributed by atoms with E-state index in [2.05, 4.69) is 20.6 Å². The van der Waals surface area contributed by atoms with Gasteiger partial charge in [0.05, 0.1) is 12.8 Å². The van der Waals surface area contributed by atoms with Crippen molar-refractivity contribution in [2.24, 2.45) is 0 Å². The number of H-pyrrole nitrogens is 1. The highest BCUT2D eigenvalue weighted by Gasteiger charge is 2.10. The van der Waals surface area contributed by atoms with Gasteiger partial charge in [0.25, 0.3) is 5.91 Å². The van der Waals surface area contributed by atoms with E-state index in [-0.39, 0.29) is 5.91 Å². The topological polar surface area (TPSA) is 79.0 Å². The van der Waals surface area contributed by atoms with E-state index in [9.17, 15) is 4.79 Å². The molecule has 6 nitrogen and oxygen atoms in total. The number of hydrogen-bond acceptors (Lipinski definition) is 4. The largest absolute Gasteiger partial charge is 0.495 e. The molecule has 1 amide bonds. The standard InChI is InChI=1S/C17H18N4O2/c1-18-17(22)11-3-4-14(15(9-11)23-2)21-10-12-5-7-19-16-13(12)6-8-20-16/h3-9,21H,10H2,1-2H3,(H,18,22)(H,19,20). The van der Waals surface area contributed by atoms with Crippen molar-refractivity contribution in [1.82, 2.24) is 15.3 Å². The molecule has 118 valence electrons. The third-order valence-corrected chi connectivity index (χ3v) is 3.71. The van der Waals surface area contributed by atoms with Gasteiger partial charge in [-0.1, -0.05) is 0 Å². The van der Waals surface area contributed by atoms with Crippen LogP contribution in [0.15, 0.2) is 42.7 Å². The molecule has 23 heavy (non-hydrogen) atoms. The van der Waals surface area contributed by atoms with Crippen molar-refractivity contribution in [2.75, 3.05) is 19.5 Å². The average Bonchev–Trinajstić information content (AvgIpc) is 3.08. The highest BCUT2D eigenvalue weighted by molar-refractivity contribution is 5.95. The van der Waals surface area contributed by atoms with Crippen LogP contribution >= 0.6 is 0 Å². The average molecular weight is 310 g/mol. The van der Waals surface area contributed by atoms with E-state index in [4.69, 9.17) is 4.74 Å². The smallest absolute Gasteiger partial charge is 0.251 e. The summed E-state index contributed by atoms with van der Waals surface area (Å²) < 4.78 is 5.38. The van der Waals surface area contributed by atoms with Crippen LogP contribution in [0.2, 0.25) is 0 Å². The summed E-state index contributed by atoms with van der Waals surface area (Å²) in [4.78, 5) is 19.1. The van der Waals surface area contributed by atoms with Crippen LogP contribution in [0.4, 0.5) is 5.69 Å². The number of nitrogens with one attached hydrogen (secondary N) is 3. The van der Waals surface area contributed by atoms with Gasteiger partial charge in [0, 0.05) is 36.9 Å². The Bertz CT molecular complexity index is 841. The molecule has 3 N–H and O–H groups in total. The Balaban J connectivity index is 1.82. The first-order chi connectivity index (χ1) is 11.2. The molecule has 3 aromatic rings. The monoisotopic (exact) mass is 310 g/mol. The summed E-state index contributed by atoms with van der Waals surface area (Å²) in [6.07, 6.45) is 3.65. The van der Waals surface area contributed by atoms with Gasteiger partial charge < -0.3 is 20.4 Å². The SMILES string of the molecule is CNC(=O)c1ccc(NCc2ccnc3[nH]ccc23)c(OC)c1. The Morgan fingerprint density at radius 1 is 1.30 bits per heavy atom. The molecule has 2 heterocycles. The second kappa shape index (κ2) is 6.39. The van der Waals surface area contributed by atoms with Gasteiger partial charge in [-0.2, -0.15) is 0 Å². The Labute approximate surface area is 133 Å². The molecule has 0 saturated heterocycles. The summed E-state index contributed by atoms with van der Waals surface area (Å²) in [5.74, 6) is 0.489. The highest BCUT2D eigenvalue weighted by atomic mass is 16.5. The Hall–Kier alpha value is -3.02. The summed E-state index contributed by atoms with van der Waals surface area (Å²) in [5.41, 5.74) is 3.40. The van der Waals surface area contributed by atoms with Crippen molar-refractivity contribution >= 4 is 22.6 Å². The molecule has 0 saturated carbocycles. The van der Waals surface area contributed by atoms with Crippen molar-refractivity contribution < 1.29 is 9.53 Å². The van der Waals surface area contributed by atoms with Crippen molar-refractivity contribution in [3.8, 4) is 5.75 Å². The van der Waals surface area contributed by atoms with Crippen LogP contribution in [0.5, 0.6) is 5.75 Å². The number of anilines is 1.